The topological polar surface area (TPSA) is 58.4 Å². The zero-order valence-electron chi connectivity index (χ0n) is 12.6. The van der Waals surface area contributed by atoms with Gasteiger partial charge in [0, 0.05) is 17.4 Å². The zero-order chi connectivity index (χ0) is 14.7. The van der Waals surface area contributed by atoms with Crippen molar-refractivity contribution >= 4 is 17.3 Å². The monoisotopic (exact) mass is 275 g/mol. The molecular formula is C16H25N3O. The lowest BCUT2D eigenvalue weighted by molar-refractivity contribution is -0.122. The third-order valence-electron chi connectivity index (χ3n) is 4.24. The third kappa shape index (κ3) is 3.31. The van der Waals surface area contributed by atoms with Crippen molar-refractivity contribution in [1.29, 1.82) is 0 Å². The lowest BCUT2D eigenvalue weighted by atomic mass is 10.0. The number of rotatable bonds is 3. The first-order chi connectivity index (χ1) is 9.49. The van der Waals surface area contributed by atoms with Gasteiger partial charge in [-0.05, 0) is 63.9 Å². The molecular weight excluding hydrogens is 250 g/mol. The number of nitrogens with two attached hydrogens (primary N) is 1. The Hall–Kier alpha value is -1.55. The Labute approximate surface area is 121 Å². The van der Waals surface area contributed by atoms with Gasteiger partial charge in [-0.3, -0.25) is 9.69 Å². The largest absolute Gasteiger partial charge is 0.399 e. The van der Waals surface area contributed by atoms with E-state index in [0.29, 0.717) is 6.04 Å². The Morgan fingerprint density at radius 1 is 1.45 bits per heavy atom. The van der Waals surface area contributed by atoms with E-state index in [0.717, 1.165) is 23.5 Å². The molecule has 1 heterocycles. The van der Waals surface area contributed by atoms with Gasteiger partial charge in [0.15, 0.2) is 0 Å². The summed E-state index contributed by atoms with van der Waals surface area (Å²) >= 11 is 0. The van der Waals surface area contributed by atoms with E-state index in [1.54, 1.807) is 0 Å². The normalized spacial score (nSPS) is 21.4. The number of amides is 1. The van der Waals surface area contributed by atoms with Crippen LogP contribution in [0, 0.1) is 6.92 Å². The van der Waals surface area contributed by atoms with E-state index >= 15 is 0 Å². The van der Waals surface area contributed by atoms with Gasteiger partial charge in [-0.2, -0.15) is 0 Å². The van der Waals surface area contributed by atoms with Gasteiger partial charge in [0.1, 0.15) is 0 Å². The first kappa shape index (κ1) is 14.9. The van der Waals surface area contributed by atoms with Crippen LogP contribution < -0.4 is 11.1 Å². The summed E-state index contributed by atoms with van der Waals surface area (Å²) in [4.78, 5) is 14.7. The summed E-state index contributed by atoms with van der Waals surface area (Å²) in [7, 11) is 0. The summed E-state index contributed by atoms with van der Waals surface area (Å²) in [6, 6.07) is 5.95. The number of carbonyl (C=O) groups is 1. The Kier molecular flexibility index (Phi) is 4.65. The second kappa shape index (κ2) is 6.27. The summed E-state index contributed by atoms with van der Waals surface area (Å²) in [6.07, 6.45) is 3.63. The number of carbonyl (C=O) groups excluding carboxylic acids is 1. The van der Waals surface area contributed by atoms with Gasteiger partial charge in [0.2, 0.25) is 5.91 Å². The lowest BCUT2D eigenvalue weighted by Crippen LogP contribution is -2.48. The minimum absolute atomic E-state index is 0.0617. The molecule has 1 fully saturated rings. The molecule has 1 aromatic rings. The Bertz CT molecular complexity index is 487. The van der Waals surface area contributed by atoms with Crippen molar-refractivity contribution in [2.75, 3.05) is 17.6 Å². The summed E-state index contributed by atoms with van der Waals surface area (Å²) < 4.78 is 0. The average molecular weight is 275 g/mol. The van der Waals surface area contributed by atoms with E-state index in [4.69, 9.17) is 5.73 Å². The number of aryl methyl sites for hydroxylation is 1. The molecule has 2 rings (SSSR count). The van der Waals surface area contributed by atoms with E-state index in [-0.39, 0.29) is 11.9 Å². The van der Waals surface area contributed by atoms with Gasteiger partial charge in [-0.25, -0.2) is 0 Å². The second-order valence-electron chi connectivity index (χ2n) is 5.82. The molecule has 0 bridgehead atoms. The predicted molar refractivity (Wildman–Crippen MR) is 83.7 cm³/mol. The van der Waals surface area contributed by atoms with Crippen molar-refractivity contribution in [2.45, 2.75) is 52.1 Å². The van der Waals surface area contributed by atoms with E-state index < -0.39 is 0 Å². The molecule has 1 aliphatic heterocycles. The highest BCUT2D eigenvalue weighted by atomic mass is 16.2. The fraction of sp³-hybridized carbons (Fsp3) is 0.562. The van der Waals surface area contributed by atoms with Gasteiger partial charge in [0.05, 0.1) is 6.04 Å². The van der Waals surface area contributed by atoms with E-state index in [2.05, 4.69) is 17.1 Å². The Morgan fingerprint density at radius 3 is 2.85 bits per heavy atom. The fourth-order valence-electron chi connectivity index (χ4n) is 2.91. The van der Waals surface area contributed by atoms with Crippen LogP contribution in [0.25, 0.3) is 0 Å². The van der Waals surface area contributed by atoms with E-state index in [1.807, 2.05) is 32.0 Å². The molecule has 20 heavy (non-hydrogen) atoms. The lowest BCUT2D eigenvalue weighted by Gasteiger charge is -2.37. The van der Waals surface area contributed by atoms with Gasteiger partial charge in [-0.15, -0.1) is 0 Å². The van der Waals surface area contributed by atoms with Gasteiger partial charge in [-0.1, -0.05) is 6.42 Å². The highest BCUT2D eigenvalue weighted by molar-refractivity contribution is 5.95. The quantitative estimate of drug-likeness (QED) is 0.834. The van der Waals surface area contributed by atoms with Crippen LogP contribution in [-0.2, 0) is 4.79 Å². The molecule has 1 aliphatic rings. The van der Waals surface area contributed by atoms with Crippen molar-refractivity contribution in [3.05, 3.63) is 23.8 Å². The molecule has 0 spiro atoms. The third-order valence-corrected chi connectivity index (χ3v) is 4.24. The minimum atomic E-state index is -0.0951. The highest BCUT2D eigenvalue weighted by Gasteiger charge is 2.27. The maximum absolute atomic E-state index is 12.4. The number of likely N-dealkylation sites (tertiary alicyclic amines) is 1. The SMILES string of the molecule is Cc1cc(N)ccc1NC(=O)C(C)N1CCCCC1C. The molecule has 1 amide bonds. The molecule has 1 saturated heterocycles. The number of hydrogen-bond donors (Lipinski definition) is 2. The summed E-state index contributed by atoms with van der Waals surface area (Å²) in [5, 5.41) is 3.02. The summed E-state index contributed by atoms with van der Waals surface area (Å²) in [5.74, 6) is 0.0617. The first-order valence-corrected chi connectivity index (χ1v) is 7.42. The zero-order valence-corrected chi connectivity index (χ0v) is 12.6. The second-order valence-corrected chi connectivity index (χ2v) is 5.82. The van der Waals surface area contributed by atoms with Crippen LogP contribution in [0.3, 0.4) is 0 Å². The molecule has 110 valence electrons. The standard InChI is InChI=1S/C16H25N3O/c1-11-10-14(17)7-8-15(11)18-16(20)13(3)19-9-5-4-6-12(19)2/h7-8,10,12-13H,4-6,9,17H2,1-3H3,(H,18,20). The van der Waals surface area contributed by atoms with Crippen LogP contribution in [0.5, 0.6) is 0 Å². The number of benzene rings is 1. The first-order valence-electron chi connectivity index (χ1n) is 7.42. The number of nitrogens with one attached hydrogen (secondary N) is 1. The number of hydrogen-bond acceptors (Lipinski definition) is 3. The van der Waals surface area contributed by atoms with E-state index in [1.165, 1.54) is 19.3 Å². The van der Waals surface area contributed by atoms with Crippen molar-refractivity contribution in [2.24, 2.45) is 0 Å². The summed E-state index contributed by atoms with van der Waals surface area (Å²) in [6.45, 7) is 7.16. The van der Waals surface area contributed by atoms with Crippen LogP contribution in [0.2, 0.25) is 0 Å². The Balaban J connectivity index is 2.03. The predicted octanol–water partition coefficient (Wildman–Crippen LogP) is 2.78. The van der Waals surface area contributed by atoms with Crippen molar-refractivity contribution in [1.82, 2.24) is 4.90 Å². The van der Waals surface area contributed by atoms with Crippen molar-refractivity contribution in [3.63, 3.8) is 0 Å². The molecule has 2 unspecified atom stereocenters. The molecule has 4 heteroatoms. The van der Waals surface area contributed by atoms with Crippen LogP contribution >= 0.6 is 0 Å². The van der Waals surface area contributed by atoms with Crippen molar-refractivity contribution in [3.8, 4) is 0 Å². The molecule has 1 aromatic carbocycles. The van der Waals surface area contributed by atoms with Crippen LogP contribution in [0.1, 0.15) is 38.7 Å². The average Bonchev–Trinajstić information content (AvgIpc) is 2.41. The molecule has 2 atom stereocenters. The van der Waals surface area contributed by atoms with Crippen LogP contribution in [0.15, 0.2) is 18.2 Å². The van der Waals surface area contributed by atoms with Crippen molar-refractivity contribution < 1.29 is 4.79 Å². The molecule has 0 saturated carbocycles. The van der Waals surface area contributed by atoms with Gasteiger partial charge in [0.25, 0.3) is 0 Å². The van der Waals surface area contributed by atoms with Crippen LogP contribution in [-0.4, -0.2) is 29.4 Å². The number of nitrogens with zero attached hydrogens (tertiary/aromatic N) is 1. The molecule has 0 aromatic heterocycles. The maximum Gasteiger partial charge on any atom is 0.241 e. The molecule has 0 radical (unpaired) electrons. The number of anilines is 2. The fourth-order valence-corrected chi connectivity index (χ4v) is 2.91. The van der Waals surface area contributed by atoms with Crippen LogP contribution in [0.4, 0.5) is 11.4 Å². The molecule has 3 N–H and O–H groups in total. The number of nitrogen functional groups attached to an aromatic ring is 1. The molecule has 0 aliphatic carbocycles. The maximum atomic E-state index is 12.4. The smallest absolute Gasteiger partial charge is 0.241 e. The van der Waals surface area contributed by atoms with E-state index in [9.17, 15) is 4.79 Å². The van der Waals surface area contributed by atoms with Gasteiger partial charge >= 0.3 is 0 Å². The van der Waals surface area contributed by atoms with Gasteiger partial charge < -0.3 is 11.1 Å². The highest BCUT2D eigenvalue weighted by Crippen LogP contribution is 2.21. The Morgan fingerprint density at radius 2 is 2.20 bits per heavy atom. The molecule has 4 nitrogen and oxygen atoms in total. The minimum Gasteiger partial charge on any atom is -0.399 e. The number of piperidine rings is 1. The summed E-state index contributed by atoms with van der Waals surface area (Å²) in [5.41, 5.74) is 8.30.